The average Bonchev–Trinajstić information content (AvgIpc) is 2.71. The summed E-state index contributed by atoms with van der Waals surface area (Å²) in [6.07, 6.45) is 1.33. The van der Waals surface area contributed by atoms with Crippen LogP contribution in [0.1, 0.15) is 20.3 Å². The standard InChI is InChI=1S/C13H15BrN2S/c1-13(2)6-8(13)7-15-12-16-10-5-9(14)3-4-11(10)17-12/h3-5,8H,6-7H2,1-2H3,(H,15,16). The van der Waals surface area contributed by atoms with Gasteiger partial charge in [-0.2, -0.15) is 0 Å². The van der Waals surface area contributed by atoms with Gasteiger partial charge in [0.15, 0.2) is 5.13 Å². The molecule has 1 heterocycles. The van der Waals surface area contributed by atoms with Gasteiger partial charge in [-0.1, -0.05) is 41.1 Å². The smallest absolute Gasteiger partial charge is 0.183 e. The second-order valence-electron chi connectivity index (χ2n) is 5.40. The zero-order valence-electron chi connectivity index (χ0n) is 9.96. The van der Waals surface area contributed by atoms with Crippen molar-refractivity contribution < 1.29 is 0 Å². The van der Waals surface area contributed by atoms with Gasteiger partial charge < -0.3 is 5.32 Å². The highest BCUT2D eigenvalue weighted by molar-refractivity contribution is 9.10. The van der Waals surface area contributed by atoms with Crippen molar-refractivity contribution in [1.29, 1.82) is 0 Å². The summed E-state index contributed by atoms with van der Waals surface area (Å²) in [4.78, 5) is 4.60. The molecule has 0 radical (unpaired) electrons. The molecule has 2 nitrogen and oxygen atoms in total. The molecule has 1 aromatic carbocycles. The first-order valence-corrected chi connectivity index (χ1v) is 7.45. The molecular weight excluding hydrogens is 296 g/mol. The summed E-state index contributed by atoms with van der Waals surface area (Å²) in [5.74, 6) is 0.807. The second kappa shape index (κ2) is 3.95. The van der Waals surface area contributed by atoms with Crippen LogP contribution in [-0.4, -0.2) is 11.5 Å². The van der Waals surface area contributed by atoms with Gasteiger partial charge in [0, 0.05) is 11.0 Å². The van der Waals surface area contributed by atoms with E-state index in [2.05, 4.69) is 58.3 Å². The summed E-state index contributed by atoms with van der Waals surface area (Å²) in [6, 6.07) is 6.25. The Hall–Kier alpha value is -0.610. The lowest BCUT2D eigenvalue weighted by molar-refractivity contribution is 0.573. The Morgan fingerprint density at radius 3 is 3.00 bits per heavy atom. The largest absolute Gasteiger partial charge is 0.361 e. The van der Waals surface area contributed by atoms with Crippen LogP contribution in [0.4, 0.5) is 5.13 Å². The van der Waals surface area contributed by atoms with Gasteiger partial charge in [0.2, 0.25) is 0 Å². The minimum atomic E-state index is 0.534. The summed E-state index contributed by atoms with van der Waals surface area (Å²) in [6.45, 7) is 5.71. The van der Waals surface area contributed by atoms with Crippen molar-refractivity contribution in [3.05, 3.63) is 22.7 Å². The number of hydrogen-bond acceptors (Lipinski definition) is 3. The molecule has 1 atom stereocenters. The number of nitrogens with one attached hydrogen (secondary N) is 1. The van der Waals surface area contributed by atoms with Crippen LogP contribution in [0.2, 0.25) is 0 Å². The Morgan fingerprint density at radius 2 is 2.29 bits per heavy atom. The van der Waals surface area contributed by atoms with E-state index in [-0.39, 0.29) is 0 Å². The Bertz CT molecular complexity index is 562. The van der Waals surface area contributed by atoms with Gasteiger partial charge in [-0.25, -0.2) is 4.98 Å². The third kappa shape index (κ3) is 2.33. The van der Waals surface area contributed by atoms with Crippen molar-refractivity contribution in [3.8, 4) is 0 Å². The average molecular weight is 311 g/mol. The number of nitrogens with zero attached hydrogens (tertiary/aromatic N) is 1. The van der Waals surface area contributed by atoms with E-state index in [0.717, 1.165) is 27.6 Å². The molecule has 1 aliphatic carbocycles. The number of fused-ring (bicyclic) bond motifs is 1. The van der Waals surface area contributed by atoms with Gasteiger partial charge in [0.1, 0.15) is 0 Å². The Kier molecular flexibility index (Phi) is 2.67. The van der Waals surface area contributed by atoms with Crippen molar-refractivity contribution in [2.45, 2.75) is 20.3 Å². The summed E-state index contributed by atoms with van der Waals surface area (Å²) < 4.78 is 2.33. The Labute approximate surface area is 114 Å². The number of hydrogen-bond donors (Lipinski definition) is 1. The maximum absolute atomic E-state index is 4.60. The van der Waals surface area contributed by atoms with E-state index in [9.17, 15) is 0 Å². The van der Waals surface area contributed by atoms with E-state index < -0.39 is 0 Å². The molecule has 3 rings (SSSR count). The molecule has 0 saturated heterocycles. The molecule has 17 heavy (non-hydrogen) atoms. The van der Waals surface area contributed by atoms with Crippen LogP contribution < -0.4 is 5.32 Å². The van der Waals surface area contributed by atoms with Crippen LogP contribution in [0.25, 0.3) is 10.2 Å². The van der Waals surface area contributed by atoms with Crippen molar-refractivity contribution in [1.82, 2.24) is 4.98 Å². The first kappa shape index (κ1) is 11.5. The fourth-order valence-corrected chi connectivity index (χ4v) is 3.31. The highest BCUT2D eigenvalue weighted by Gasteiger charge is 2.45. The van der Waals surface area contributed by atoms with Crippen molar-refractivity contribution >= 4 is 42.6 Å². The van der Waals surface area contributed by atoms with Crippen molar-refractivity contribution in [3.63, 3.8) is 0 Å². The zero-order valence-corrected chi connectivity index (χ0v) is 12.4. The minimum Gasteiger partial charge on any atom is -0.361 e. The van der Waals surface area contributed by atoms with E-state index in [1.807, 2.05) is 0 Å². The molecule has 1 aliphatic rings. The molecule has 4 heteroatoms. The Balaban J connectivity index is 1.73. The highest BCUT2D eigenvalue weighted by Crippen LogP contribution is 2.51. The first-order valence-electron chi connectivity index (χ1n) is 5.84. The fraction of sp³-hybridized carbons (Fsp3) is 0.462. The van der Waals surface area contributed by atoms with Crippen LogP contribution in [0.5, 0.6) is 0 Å². The number of anilines is 1. The number of halogens is 1. The number of rotatable bonds is 3. The fourth-order valence-electron chi connectivity index (χ4n) is 2.11. The van der Waals surface area contributed by atoms with Crippen LogP contribution in [0.3, 0.4) is 0 Å². The monoisotopic (exact) mass is 310 g/mol. The zero-order chi connectivity index (χ0) is 12.0. The van der Waals surface area contributed by atoms with E-state index in [1.165, 1.54) is 11.1 Å². The third-order valence-electron chi connectivity index (χ3n) is 3.57. The summed E-state index contributed by atoms with van der Waals surface area (Å²) >= 11 is 5.21. The lowest BCUT2D eigenvalue weighted by Crippen LogP contribution is -2.06. The molecule has 0 bridgehead atoms. The predicted molar refractivity (Wildman–Crippen MR) is 77.7 cm³/mol. The number of benzene rings is 1. The van der Waals surface area contributed by atoms with Gasteiger partial charge in [-0.15, -0.1) is 0 Å². The number of aromatic nitrogens is 1. The lowest BCUT2D eigenvalue weighted by atomic mass is 10.1. The van der Waals surface area contributed by atoms with Crippen molar-refractivity contribution in [2.24, 2.45) is 11.3 Å². The first-order chi connectivity index (χ1) is 8.04. The van der Waals surface area contributed by atoms with E-state index in [4.69, 9.17) is 0 Å². The summed E-state index contributed by atoms with van der Waals surface area (Å²) in [5, 5.41) is 4.51. The van der Waals surface area contributed by atoms with Gasteiger partial charge in [0.25, 0.3) is 0 Å². The minimum absolute atomic E-state index is 0.534. The SMILES string of the molecule is CC1(C)CC1CNc1nc2cc(Br)ccc2s1. The second-order valence-corrected chi connectivity index (χ2v) is 7.35. The normalized spacial score (nSPS) is 21.7. The predicted octanol–water partition coefficient (Wildman–Crippen LogP) is 4.52. The molecule has 0 spiro atoms. The van der Waals surface area contributed by atoms with Crippen LogP contribution in [0.15, 0.2) is 22.7 Å². The van der Waals surface area contributed by atoms with Gasteiger partial charge in [0.05, 0.1) is 10.2 Å². The molecule has 2 aromatic rings. The topological polar surface area (TPSA) is 24.9 Å². The van der Waals surface area contributed by atoms with Crippen LogP contribution in [-0.2, 0) is 0 Å². The lowest BCUT2D eigenvalue weighted by Gasteiger charge is -2.03. The van der Waals surface area contributed by atoms with Crippen LogP contribution in [0, 0.1) is 11.3 Å². The van der Waals surface area contributed by atoms with E-state index >= 15 is 0 Å². The number of thiazole rings is 1. The van der Waals surface area contributed by atoms with Crippen LogP contribution >= 0.6 is 27.3 Å². The summed E-state index contributed by atoms with van der Waals surface area (Å²) in [5.41, 5.74) is 1.61. The maximum Gasteiger partial charge on any atom is 0.183 e. The molecule has 0 amide bonds. The molecule has 1 N–H and O–H groups in total. The molecule has 1 unspecified atom stereocenters. The van der Waals surface area contributed by atoms with Gasteiger partial charge in [-0.05, 0) is 36.0 Å². The molecule has 90 valence electrons. The van der Waals surface area contributed by atoms with Gasteiger partial charge >= 0.3 is 0 Å². The molecule has 1 fully saturated rings. The highest BCUT2D eigenvalue weighted by atomic mass is 79.9. The van der Waals surface area contributed by atoms with Crippen molar-refractivity contribution in [2.75, 3.05) is 11.9 Å². The van der Waals surface area contributed by atoms with E-state index in [0.29, 0.717) is 5.41 Å². The maximum atomic E-state index is 4.60. The van der Waals surface area contributed by atoms with Gasteiger partial charge in [-0.3, -0.25) is 0 Å². The third-order valence-corrected chi connectivity index (χ3v) is 5.05. The molecular formula is C13H15BrN2S. The Morgan fingerprint density at radius 1 is 1.53 bits per heavy atom. The van der Waals surface area contributed by atoms with E-state index in [1.54, 1.807) is 11.3 Å². The summed E-state index contributed by atoms with van der Waals surface area (Å²) in [7, 11) is 0. The molecule has 0 aliphatic heterocycles. The molecule has 1 aromatic heterocycles. The molecule has 1 saturated carbocycles. The quantitative estimate of drug-likeness (QED) is 0.901.